The molecule has 6 nitrogen and oxygen atoms in total. The van der Waals surface area contributed by atoms with Crippen molar-refractivity contribution in [1.82, 2.24) is 5.43 Å². The lowest BCUT2D eigenvalue weighted by atomic mass is 10.2. The number of carbonyl (C=O) groups excluding carboxylic acids is 1. The second kappa shape index (κ2) is 7.82. The molecule has 1 aliphatic heterocycles. The van der Waals surface area contributed by atoms with E-state index in [0.717, 1.165) is 11.3 Å². The van der Waals surface area contributed by atoms with Gasteiger partial charge in [0.05, 0.1) is 6.54 Å². The lowest BCUT2D eigenvalue weighted by molar-refractivity contribution is -0.119. The number of rotatable bonds is 6. The zero-order valence-corrected chi connectivity index (χ0v) is 12.9. The molecule has 24 heavy (non-hydrogen) atoms. The quantitative estimate of drug-likeness (QED) is 0.633. The van der Waals surface area contributed by atoms with E-state index in [-0.39, 0.29) is 19.2 Å². The van der Waals surface area contributed by atoms with Crippen LogP contribution in [0.2, 0.25) is 0 Å². The van der Waals surface area contributed by atoms with Crippen molar-refractivity contribution in [2.75, 3.05) is 18.7 Å². The third kappa shape index (κ3) is 4.36. The van der Waals surface area contributed by atoms with E-state index in [4.69, 9.17) is 9.47 Å². The Morgan fingerprint density at radius 3 is 2.83 bits per heavy atom. The van der Waals surface area contributed by atoms with E-state index < -0.39 is 0 Å². The van der Waals surface area contributed by atoms with Crippen molar-refractivity contribution < 1.29 is 14.3 Å². The van der Waals surface area contributed by atoms with Gasteiger partial charge in [-0.3, -0.25) is 4.79 Å². The van der Waals surface area contributed by atoms with Gasteiger partial charge < -0.3 is 14.8 Å². The van der Waals surface area contributed by atoms with Crippen LogP contribution in [0.5, 0.6) is 11.5 Å². The Balaban J connectivity index is 1.41. The topological polar surface area (TPSA) is 72.0 Å². The van der Waals surface area contributed by atoms with Crippen molar-refractivity contribution in [3.05, 3.63) is 60.2 Å². The molecule has 0 radical (unpaired) electrons. The van der Waals surface area contributed by atoms with Crippen LogP contribution in [-0.4, -0.2) is 25.5 Å². The lowest BCUT2D eigenvalue weighted by Gasteiger charge is -2.05. The highest BCUT2D eigenvalue weighted by Crippen LogP contribution is 2.34. The molecule has 6 heteroatoms. The summed E-state index contributed by atoms with van der Waals surface area (Å²) in [5, 5.41) is 6.86. The largest absolute Gasteiger partial charge is 0.454 e. The Bertz CT molecular complexity index is 757. The maximum atomic E-state index is 11.7. The van der Waals surface area contributed by atoms with Crippen LogP contribution in [0.3, 0.4) is 0 Å². The van der Waals surface area contributed by atoms with Gasteiger partial charge in [-0.15, -0.1) is 0 Å². The van der Waals surface area contributed by atoms with Crippen LogP contribution >= 0.6 is 0 Å². The van der Waals surface area contributed by atoms with Crippen LogP contribution in [0.25, 0.3) is 6.08 Å². The van der Waals surface area contributed by atoms with Gasteiger partial charge in [-0.2, -0.15) is 5.10 Å². The number of allylic oxidation sites excluding steroid dienone is 1. The number of nitrogens with one attached hydrogen (secondary N) is 2. The van der Waals surface area contributed by atoms with E-state index in [1.807, 2.05) is 42.5 Å². The van der Waals surface area contributed by atoms with Gasteiger partial charge in [0.15, 0.2) is 11.5 Å². The second-order valence-electron chi connectivity index (χ2n) is 5.00. The number of anilines is 1. The fourth-order valence-corrected chi connectivity index (χ4v) is 2.10. The summed E-state index contributed by atoms with van der Waals surface area (Å²) in [6, 6.07) is 15.3. The first kappa shape index (κ1) is 15.6. The van der Waals surface area contributed by atoms with Gasteiger partial charge in [-0.1, -0.05) is 36.4 Å². The minimum absolute atomic E-state index is 0.110. The van der Waals surface area contributed by atoms with E-state index in [9.17, 15) is 4.79 Å². The van der Waals surface area contributed by atoms with Gasteiger partial charge in [0.1, 0.15) is 0 Å². The summed E-state index contributed by atoms with van der Waals surface area (Å²) in [6.45, 7) is 0.337. The fourth-order valence-electron chi connectivity index (χ4n) is 2.10. The minimum Gasteiger partial charge on any atom is -0.454 e. The van der Waals surface area contributed by atoms with Crippen LogP contribution in [0.15, 0.2) is 59.7 Å². The zero-order chi connectivity index (χ0) is 16.6. The van der Waals surface area contributed by atoms with Gasteiger partial charge in [0.2, 0.25) is 6.79 Å². The summed E-state index contributed by atoms with van der Waals surface area (Å²) >= 11 is 0. The van der Waals surface area contributed by atoms with Crippen molar-refractivity contribution in [2.24, 2.45) is 5.10 Å². The summed E-state index contributed by atoms with van der Waals surface area (Å²) < 4.78 is 10.5. The zero-order valence-electron chi connectivity index (χ0n) is 12.9. The molecule has 0 aliphatic carbocycles. The van der Waals surface area contributed by atoms with Gasteiger partial charge in [0.25, 0.3) is 5.91 Å². The first-order valence-corrected chi connectivity index (χ1v) is 7.48. The molecule has 2 N–H and O–H groups in total. The molecule has 2 aromatic rings. The summed E-state index contributed by atoms with van der Waals surface area (Å²) in [7, 11) is 0. The number of benzene rings is 2. The maximum Gasteiger partial charge on any atom is 0.259 e. The third-order valence-corrected chi connectivity index (χ3v) is 3.26. The van der Waals surface area contributed by atoms with Crippen molar-refractivity contribution in [1.29, 1.82) is 0 Å². The number of nitrogens with zero attached hydrogens (tertiary/aromatic N) is 1. The van der Waals surface area contributed by atoms with Crippen LogP contribution in [0, 0.1) is 0 Å². The smallest absolute Gasteiger partial charge is 0.259 e. The molecule has 0 unspecified atom stereocenters. The average Bonchev–Trinajstić information content (AvgIpc) is 3.08. The number of hydrazone groups is 1. The highest BCUT2D eigenvalue weighted by molar-refractivity contribution is 5.83. The second-order valence-corrected chi connectivity index (χ2v) is 5.00. The molecule has 122 valence electrons. The van der Waals surface area contributed by atoms with E-state index in [2.05, 4.69) is 15.8 Å². The third-order valence-electron chi connectivity index (χ3n) is 3.26. The standard InChI is InChI=1S/C18H17N3O3/c22-18(21-20-10-4-7-14-5-2-1-3-6-14)12-19-15-8-9-16-17(11-15)24-13-23-16/h1-11,19H,12-13H2,(H,21,22)/b7-4+,20-10+. The van der Waals surface area contributed by atoms with Gasteiger partial charge in [0, 0.05) is 18.0 Å². The number of carbonyl (C=O) groups is 1. The molecule has 0 saturated heterocycles. The molecule has 1 heterocycles. The van der Waals surface area contributed by atoms with Crippen molar-refractivity contribution in [3.63, 3.8) is 0 Å². The van der Waals surface area contributed by atoms with E-state index >= 15 is 0 Å². The van der Waals surface area contributed by atoms with Crippen molar-refractivity contribution in [3.8, 4) is 11.5 Å². The summed E-state index contributed by atoms with van der Waals surface area (Å²) in [5.41, 5.74) is 4.30. The fraction of sp³-hybridized carbons (Fsp3) is 0.111. The number of ether oxygens (including phenoxy) is 2. The molecule has 0 bridgehead atoms. The molecule has 3 rings (SSSR count). The molecule has 0 aromatic heterocycles. The van der Waals surface area contributed by atoms with E-state index in [0.29, 0.717) is 11.5 Å². The van der Waals surface area contributed by atoms with Gasteiger partial charge in [-0.25, -0.2) is 5.43 Å². The number of fused-ring (bicyclic) bond motifs is 1. The summed E-state index contributed by atoms with van der Waals surface area (Å²) in [6.07, 6.45) is 5.20. The first-order valence-electron chi connectivity index (χ1n) is 7.48. The van der Waals surface area contributed by atoms with E-state index in [1.165, 1.54) is 6.21 Å². The molecule has 2 aromatic carbocycles. The monoisotopic (exact) mass is 323 g/mol. The Morgan fingerprint density at radius 1 is 1.12 bits per heavy atom. The molecule has 0 atom stereocenters. The van der Waals surface area contributed by atoms with Gasteiger partial charge in [-0.05, 0) is 23.8 Å². The average molecular weight is 323 g/mol. The Morgan fingerprint density at radius 2 is 1.96 bits per heavy atom. The molecule has 0 saturated carbocycles. The van der Waals surface area contributed by atoms with Crippen LogP contribution in [0.4, 0.5) is 5.69 Å². The molecule has 1 aliphatic rings. The Hall–Kier alpha value is -3.28. The highest BCUT2D eigenvalue weighted by atomic mass is 16.7. The molecule has 1 amide bonds. The summed E-state index contributed by atoms with van der Waals surface area (Å²) in [4.78, 5) is 11.7. The number of hydrogen-bond donors (Lipinski definition) is 2. The first-order chi connectivity index (χ1) is 11.8. The Kier molecular flexibility index (Phi) is 5.09. The predicted octanol–water partition coefficient (Wildman–Crippen LogP) is 2.64. The molecular weight excluding hydrogens is 306 g/mol. The molecule has 0 spiro atoms. The van der Waals surface area contributed by atoms with Crippen LogP contribution < -0.4 is 20.2 Å². The molecular formula is C18H17N3O3. The highest BCUT2D eigenvalue weighted by Gasteiger charge is 2.13. The normalized spacial score (nSPS) is 12.7. The number of hydrogen-bond acceptors (Lipinski definition) is 5. The number of amides is 1. The van der Waals surface area contributed by atoms with Crippen molar-refractivity contribution in [2.45, 2.75) is 0 Å². The lowest BCUT2D eigenvalue weighted by Crippen LogP contribution is -2.25. The SMILES string of the molecule is O=C(CNc1ccc2c(c1)OCO2)N/N=C/C=C/c1ccccc1. The summed E-state index contributed by atoms with van der Waals surface area (Å²) in [5.74, 6) is 1.14. The molecule has 0 fully saturated rings. The van der Waals surface area contributed by atoms with Crippen LogP contribution in [0.1, 0.15) is 5.56 Å². The maximum absolute atomic E-state index is 11.7. The van der Waals surface area contributed by atoms with Crippen LogP contribution in [-0.2, 0) is 4.79 Å². The predicted molar refractivity (Wildman–Crippen MR) is 93.2 cm³/mol. The van der Waals surface area contributed by atoms with E-state index in [1.54, 1.807) is 18.2 Å². The Labute approximate surface area is 139 Å². The van der Waals surface area contributed by atoms with Gasteiger partial charge >= 0.3 is 0 Å². The van der Waals surface area contributed by atoms with Crippen molar-refractivity contribution >= 4 is 23.9 Å². The minimum atomic E-state index is -0.239.